The van der Waals surface area contributed by atoms with E-state index < -0.39 is 23.4 Å². The van der Waals surface area contributed by atoms with Gasteiger partial charge >= 0.3 is 12.3 Å². The van der Waals surface area contributed by atoms with Gasteiger partial charge < -0.3 is 14.4 Å². The van der Waals surface area contributed by atoms with Crippen molar-refractivity contribution in [1.29, 1.82) is 0 Å². The van der Waals surface area contributed by atoms with E-state index in [1.807, 2.05) is 0 Å². The summed E-state index contributed by atoms with van der Waals surface area (Å²) in [6, 6.07) is 2.95. The maximum absolute atomic E-state index is 12.9. The molecule has 0 atom stereocenters. The minimum Gasteiger partial charge on any atom is -0.490 e. The number of likely N-dealkylation sites (tertiary alicyclic amines) is 1. The summed E-state index contributed by atoms with van der Waals surface area (Å²) in [5.41, 5.74) is -1.61. The Morgan fingerprint density at radius 2 is 1.77 bits per heavy atom. The first-order chi connectivity index (χ1) is 12.0. The lowest BCUT2D eigenvalue weighted by Gasteiger charge is -2.33. The van der Waals surface area contributed by atoms with E-state index in [1.165, 1.54) is 6.07 Å². The molecule has 2 rings (SSSR count). The molecular formula is C18H22F3NO4. The normalized spacial score (nSPS) is 16.3. The third kappa shape index (κ3) is 5.64. The van der Waals surface area contributed by atoms with Crippen LogP contribution in [-0.4, -0.2) is 42.1 Å². The molecule has 5 nitrogen and oxygen atoms in total. The fourth-order valence-corrected chi connectivity index (χ4v) is 2.60. The van der Waals surface area contributed by atoms with Crippen LogP contribution in [-0.2, 0) is 10.9 Å². The molecule has 26 heavy (non-hydrogen) atoms. The third-order valence-electron chi connectivity index (χ3n) is 3.79. The molecule has 1 amide bonds. The molecule has 0 radical (unpaired) electrons. The summed E-state index contributed by atoms with van der Waals surface area (Å²) >= 11 is 0. The highest BCUT2D eigenvalue weighted by Crippen LogP contribution is 2.33. The van der Waals surface area contributed by atoms with Gasteiger partial charge in [0.25, 0.3) is 0 Å². The van der Waals surface area contributed by atoms with Crippen LogP contribution in [0.15, 0.2) is 18.2 Å². The van der Waals surface area contributed by atoms with Gasteiger partial charge in [-0.25, -0.2) is 4.79 Å². The molecule has 1 aliphatic heterocycles. The number of carbonyl (C=O) groups is 2. The van der Waals surface area contributed by atoms with Gasteiger partial charge in [-0.3, -0.25) is 4.79 Å². The van der Waals surface area contributed by atoms with Gasteiger partial charge in [0.15, 0.2) is 0 Å². The molecule has 1 saturated heterocycles. The summed E-state index contributed by atoms with van der Waals surface area (Å²) in [5.74, 6) is -0.00218. The summed E-state index contributed by atoms with van der Waals surface area (Å²) < 4.78 is 49.6. The summed E-state index contributed by atoms with van der Waals surface area (Å²) in [5, 5.41) is 0. The highest BCUT2D eigenvalue weighted by Gasteiger charge is 2.32. The zero-order chi connectivity index (χ0) is 19.5. The zero-order valence-electron chi connectivity index (χ0n) is 14.9. The molecule has 0 spiro atoms. The molecule has 0 bridgehead atoms. The number of halogens is 3. The number of hydrogen-bond donors (Lipinski definition) is 0. The van der Waals surface area contributed by atoms with Crippen LogP contribution in [0, 0.1) is 0 Å². The van der Waals surface area contributed by atoms with Crippen LogP contribution < -0.4 is 4.74 Å². The molecule has 144 valence electrons. The van der Waals surface area contributed by atoms with Crippen molar-refractivity contribution in [2.24, 2.45) is 0 Å². The van der Waals surface area contributed by atoms with Crippen LogP contribution in [0.1, 0.15) is 49.5 Å². The fourth-order valence-electron chi connectivity index (χ4n) is 2.60. The molecule has 0 aliphatic carbocycles. The quantitative estimate of drug-likeness (QED) is 0.742. The van der Waals surface area contributed by atoms with E-state index in [0.29, 0.717) is 32.2 Å². The Hall–Kier alpha value is -2.25. The molecular weight excluding hydrogens is 351 g/mol. The second kappa shape index (κ2) is 7.55. The van der Waals surface area contributed by atoms with Crippen molar-refractivity contribution in [3.05, 3.63) is 29.3 Å². The molecule has 1 aromatic rings. The number of rotatable bonds is 3. The van der Waals surface area contributed by atoms with Gasteiger partial charge in [0.1, 0.15) is 23.7 Å². The van der Waals surface area contributed by atoms with E-state index in [-0.39, 0.29) is 17.4 Å². The van der Waals surface area contributed by atoms with Gasteiger partial charge in [0.2, 0.25) is 0 Å². The number of benzene rings is 1. The topological polar surface area (TPSA) is 55.8 Å². The number of amides is 1. The Morgan fingerprint density at radius 1 is 1.15 bits per heavy atom. The molecule has 1 heterocycles. The smallest absolute Gasteiger partial charge is 0.416 e. The number of hydrogen-bond acceptors (Lipinski definition) is 4. The van der Waals surface area contributed by atoms with Crippen LogP contribution >= 0.6 is 0 Å². The third-order valence-corrected chi connectivity index (χ3v) is 3.79. The summed E-state index contributed by atoms with van der Waals surface area (Å²) in [6.07, 6.45) is -4.03. The van der Waals surface area contributed by atoms with Crippen LogP contribution in [0.5, 0.6) is 5.75 Å². The first-order valence-corrected chi connectivity index (χ1v) is 8.30. The molecule has 1 aliphatic rings. The lowest BCUT2D eigenvalue weighted by atomic mass is 10.1. The number of alkyl halides is 3. The average Bonchev–Trinajstić information content (AvgIpc) is 2.52. The minimum absolute atomic E-state index is 0.00218. The van der Waals surface area contributed by atoms with E-state index in [0.717, 1.165) is 12.1 Å². The Morgan fingerprint density at radius 3 is 2.27 bits per heavy atom. The molecule has 0 aromatic heterocycles. The number of ether oxygens (including phenoxy) is 2. The Labute approximate surface area is 150 Å². The largest absolute Gasteiger partial charge is 0.490 e. The predicted octanol–water partition coefficient (Wildman–Crippen LogP) is 4.30. The second-order valence-corrected chi connectivity index (χ2v) is 7.19. The predicted molar refractivity (Wildman–Crippen MR) is 88.3 cm³/mol. The summed E-state index contributed by atoms with van der Waals surface area (Å²) in [4.78, 5) is 24.4. The average molecular weight is 373 g/mol. The molecule has 0 N–H and O–H groups in total. The second-order valence-electron chi connectivity index (χ2n) is 7.19. The van der Waals surface area contributed by atoms with Gasteiger partial charge in [0, 0.05) is 31.5 Å². The van der Waals surface area contributed by atoms with E-state index >= 15 is 0 Å². The van der Waals surface area contributed by atoms with Gasteiger partial charge in [-0.1, -0.05) is 0 Å². The molecule has 0 saturated carbocycles. The fraction of sp³-hybridized carbons (Fsp3) is 0.556. The zero-order valence-corrected chi connectivity index (χ0v) is 14.9. The highest BCUT2D eigenvalue weighted by atomic mass is 19.4. The molecule has 1 aromatic carbocycles. The van der Waals surface area contributed by atoms with E-state index in [2.05, 4.69) is 0 Å². The lowest BCUT2D eigenvalue weighted by molar-refractivity contribution is -0.137. The Balaban J connectivity index is 1.99. The van der Waals surface area contributed by atoms with Gasteiger partial charge in [-0.05, 0) is 39.0 Å². The lowest BCUT2D eigenvalue weighted by Crippen LogP contribution is -2.44. The monoisotopic (exact) mass is 373 g/mol. The highest BCUT2D eigenvalue weighted by molar-refractivity contribution is 5.76. The number of aldehydes is 1. The Bertz CT molecular complexity index is 659. The van der Waals surface area contributed by atoms with E-state index in [9.17, 15) is 22.8 Å². The SMILES string of the molecule is CC(C)(C)OC(=O)N1CCC(Oc2cc(C=O)cc(C(F)(F)F)c2)CC1. The molecule has 1 fully saturated rings. The van der Waals surface area contributed by atoms with Crippen molar-refractivity contribution in [2.45, 2.75) is 51.5 Å². The van der Waals surface area contributed by atoms with Crippen molar-refractivity contribution < 1.29 is 32.2 Å². The van der Waals surface area contributed by atoms with Crippen molar-refractivity contribution in [1.82, 2.24) is 4.90 Å². The van der Waals surface area contributed by atoms with Crippen LogP contribution in [0.25, 0.3) is 0 Å². The first-order valence-electron chi connectivity index (χ1n) is 8.30. The number of carbonyl (C=O) groups excluding carboxylic acids is 2. The maximum atomic E-state index is 12.9. The minimum atomic E-state index is -4.56. The van der Waals surface area contributed by atoms with Gasteiger partial charge in [0.05, 0.1) is 5.56 Å². The molecule has 0 unspecified atom stereocenters. The summed E-state index contributed by atoms with van der Waals surface area (Å²) in [7, 11) is 0. The number of piperidine rings is 1. The summed E-state index contributed by atoms with van der Waals surface area (Å²) in [6.45, 7) is 6.11. The van der Waals surface area contributed by atoms with Crippen molar-refractivity contribution >= 4 is 12.4 Å². The maximum Gasteiger partial charge on any atom is 0.416 e. The van der Waals surface area contributed by atoms with Gasteiger partial charge in [-0.2, -0.15) is 13.2 Å². The van der Waals surface area contributed by atoms with E-state index in [1.54, 1.807) is 25.7 Å². The standard InChI is InChI=1S/C18H22F3NO4/c1-17(2,3)26-16(24)22-6-4-14(5-7-22)25-15-9-12(11-23)8-13(10-15)18(19,20)21/h8-11,14H,4-7H2,1-3H3. The van der Waals surface area contributed by atoms with Crippen molar-refractivity contribution in [3.63, 3.8) is 0 Å². The van der Waals surface area contributed by atoms with Gasteiger partial charge in [-0.15, -0.1) is 0 Å². The van der Waals surface area contributed by atoms with Crippen LogP contribution in [0.3, 0.4) is 0 Å². The van der Waals surface area contributed by atoms with Crippen LogP contribution in [0.2, 0.25) is 0 Å². The number of nitrogens with zero attached hydrogens (tertiary/aromatic N) is 1. The Kier molecular flexibility index (Phi) is 5.83. The van der Waals surface area contributed by atoms with Crippen molar-refractivity contribution in [3.8, 4) is 5.75 Å². The molecule has 8 heteroatoms. The first kappa shape index (κ1) is 20.1. The van der Waals surface area contributed by atoms with Crippen LogP contribution in [0.4, 0.5) is 18.0 Å². The van der Waals surface area contributed by atoms with Crippen molar-refractivity contribution in [2.75, 3.05) is 13.1 Å². The van der Waals surface area contributed by atoms with E-state index in [4.69, 9.17) is 9.47 Å².